The molecule has 0 saturated carbocycles. The molecule has 2 N–H and O–H groups in total. The largest absolute Gasteiger partial charge is 0.378 e. The number of anilines is 1. The molecule has 0 saturated heterocycles. The molecule has 1 aromatic heterocycles. The van der Waals surface area contributed by atoms with Crippen molar-refractivity contribution in [1.82, 2.24) is 4.98 Å². The number of aromatic amines is 1. The van der Waals surface area contributed by atoms with Gasteiger partial charge in [0.15, 0.2) is 0 Å². The van der Waals surface area contributed by atoms with Crippen LogP contribution in [0.3, 0.4) is 0 Å². The van der Waals surface area contributed by atoms with E-state index in [-0.39, 0.29) is 0 Å². The quantitative estimate of drug-likeness (QED) is 0.657. The molecule has 0 bridgehead atoms. The van der Waals surface area contributed by atoms with Gasteiger partial charge in [-0.2, -0.15) is 0 Å². The molecular weight excluding hydrogens is 220 g/mol. The van der Waals surface area contributed by atoms with Crippen molar-refractivity contribution in [3.63, 3.8) is 0 Å². The highest BCUT2D eigenvalue weighted by molar-refractivity contribution is 5.80. The average Bonchev–Trinajstić information content (AvgIpc) is 3.04. The van der Waals surface area contributed by atoms with Crippen molar-refractivity contribution in [2.24, 2.45) is 0 Å². The van der Waals surface area contributed by atoms with Crippen molar-refractivity contribution in [1.29, 1.82) is 0 Å². The Hall–Kier alpha value is -2.22. The van der Waals surface area contributed by atoms with Crippen molar-refractivity contribution in [2.75, 3.05) is 5.32 Å². The zero-order chi connectivity index (χ0) is 11.9. The number of benzene rings is 2. The summed E-state index contributed by atoms with van der Waals surface area (Å²) >= 11 is 0. The molecule has 0 radical (unpaired) electrons. The van der Waals surface area contributed by atoms with Crippen LogP contribution in [0, 0.1) is 0 Å². The highest BCUT2D eigenvalue weighted by Crippen LogP contribution is 2.34. The van der Waals surface area contributed by atoms with Crippen LogP contribution in [0.5, 0.6) is 0 Å². The van der Waals surface area contributed by atoms with Crippen LogP contribution < -0.4 is 5.32 Å². The lowest BCUT2D eigenvalue weighted by molar-refractivity contribution is 0.825. The SMILES string of the molecule is c1ccc2c(c1)CC(c1ccc3cc[nH]c3c1)N2. The first-order valence-corrected chi connectivity index (χ1v) is 6.32. The molecule has 2 aromatic carbocycles. The molecule has 1 unspecified atom stereocenters. The van der Waals surface area contributed by atoms with Crippen LogP contribution in [0.1, 0.15) is 17.2 Å². The second kappa shape index (κ2) is 3.64. The fourth-order valence-electron chi connectivity index (χ4n) is 2.78. The summed E-state index contributed by atoms with van der Waals surface area (Å²) < 4.78 is 0. The number of fused-ring (bicyclic) bond motifs is 2. The van der Waals surface area contributed by atoms with Gasteiger partial charge in [0, 0.05) is 17.4 Å². The summed E-state index contributed by atoms with van der Waals surface area (Å²) in [6, 6.07) is 17.7. The van der Waals surface area contributed by atoms with Crippen LogP contribution >= 0.6 is 0 Å². The Bertz CT molecular complexity index is 687. The molecule has 1 atom stereocenters. The molecule has 88 valence electrons. The molecule has 0 aliphatic carbocycles. The molecule has 0 spiro atoms. The van der Waals surface area contributed by atoms with Gasteiger partial charge in [-0.25, -0.2) is 0 Å². The minimum Gasteiger partial charge on any atom is -0.378 e. The monoisotopic (exact) mass is 234 g/mol. The van der Waals surface area contributed by atoms with E-state index in [2.05, 4.69) is 58.8 Å². The Morgan fingerprint density at radius 1 is 1.00 bits per heavy atom. The van der Waals surface area contributed by atoms with Crippen LogP contribution in [-0.4, -0.2) is 4.98 Å². The summed E-state index contributed by atoms with van der Waals surface area (Å²) in [6.45, 7) is 0. The molecule has 1 aliphatic rings. The number of aromatic nitrogens is 1. The van der Waals surface area contributed by atoms with E-state index >= 15 is 0 Å². The van der Waals surface area contributed by atoms with E-state index in [1.165, 1.54) is 27.7 Å². The third kappa shape index (κ3) is 1.42. The van der Waals surface area contributed by atoms with Crippen molar-refractivity contribution >= 4 is 16.6 Å². The molecule has 3 aromatic rings. The maximum absolute atomic E-state index is 3.59. The van der Waals surface area contributed by atoms with E-state index in [4.69, 9.17) is 0 Å². The number of rotatable bonds is 1. The Labute approximate surface area is 106 Å². The number of hydrogen-bond donors (Lipinski definition) is 2. The second-order valence-corrected chi connectivity index (χ2v) is 4.88. The van der Waals surface area contributed by atoms with Gasteiger partial charge >= 0.3 is 0 Å². The Balaban J connectivity index is 1.73. The Morgan fingerprint density at radius 3 is 2.89 bits per heavy atom. The zero-order valence-electron chi connectivity index (χ0n) is 9.98. The normalized spacial score (nSPS) is 17.7. The van der Waals surface area contributed by atoms with Crippen LogP contribution in [-0.2, 0) is 6.42 Å². The smallest absolute Gasteiger partial charge is 0.0555 e. The maximum atomic E-state index is 3.59. The third-order valence-corrected chi connectivity index (χ3v) is 3.75. The molecular formula is C16H14N2. The highest BCUT2D eigenvalue weighted by Gasteiger charge is 2.21. The number of hydrogen-bond acceptors (Lipinski definition) is 1. The van der Waals surface area contributed by atoms with Gasteiger partial charge in [-0.1, -0.05) is 30.3 Å². The van der Waals surface area contributed by atoms with Crippen molar-refractivity contribution < 1.29 is 0 Å². The highest BCUT2D eigenvalue weighted by atomic mass is 14.9. The minimum atomic E-state index is 0.398. The molecule has 2 heteroatoms. The van der Waals surface area contributed by atoms with Gasteiger partial charge in [0.1, 0.15) is 0 Å². The van der Waals surface area contributed by atoms with Crippen molar-refractivity contribution in [3.05, 3.63) is 65.9 Å². The maximum Gasteiger partial charge on any atom is 0.0555 e. The van der Waals surface area contributed by atoms with Crippen LogP contribution in [0.25, 0.3) is 10.9 Å². The summed E-state index contributed by atoms with van der Waals surface area (Å²) in [4.78, 5) is 3.28. The molecule has 18 heavy (non-hydrogen) atoms. The fourth-order valence-corrected chi connectivity index (χ4v) is 2.78. The Morgan fingerprint density at radius 2 is 1.94 bits per heavy atom. The Kier molecular flexibility index (Phi) is 1.97. The van der Waals surface area contributed by atoms with Crippen LogP contribution in [0.2, 0.25) is 0 Å². The molecule has 4 rings (SSSR count). The van der Waals surface area contributed by atoms with E-state index in [0.717, 1.165) is 6.42 Å². The zero-order valence-corrected chi connectivity index (χ0v) is 9.98. The van der Waals surface area contributed by atoms with Crippen LogP contribution in [0.15, 0.2) is 54.7 Å². The summed E-state index contributed by atoms with van der Waals surface area (Å²) in [5.74, 6) is 0. The summed E-state index contributed by atoms with van der Waals surface area (Å²) in [6.07, 6.45) is 3.06. The average molecular weight is 234 g/mol. The first-order chi connectivity index (χ1) is 8.90. The summed E-state index contributed by atoms with van der Waals surface area (Å²) in [7, 11) is 0. The molecule has 1 aliphatic heterocycles. The topological polar surface area (TPSA) is 27.8 Å². The molecule has 0 fully saturated rings. The molecule has 2 nitrogen and oxygen atoms in total. The van der Waals surface area contributed by atoms with Crippen LogP contribution in [0.4, 0.5) is 5.69 Å². The molecule has 0 amide bonds. The lowest BCUT2D eigenvalue weighted by atomic mass is 10.0. The number of nitrogens with one attached hydrogen (secondary N) is 2. The van der Waals surface area contributed by atoms with Gasteiger partial charge in [-0.05, 0) is 41.1 Å². The van der Waals surface area contributed by atoms with E-state index in [1.54, 1.807) is 0 Å². The van der Waals surface area contributed by atoms with Gasteiger partial charge in [-0.3, -0.25) is 0 Å². The van der Waals surface area contributed by atoms with Crippen molar-refractivity contribution in [2.45, 2.75) is 12.5 Å². The first-order valence-electron chi connectivity index (χ1n) is 6.32. The van der Waals surface area contributed by atoms with E-state index in [1.807, 2.05) is 6.20 Å². The summed E-state index contributed by atoms with van der Waals surface area (Å²) in [5, 5.41) is 4.87. The molecule has 2 heterocycles. The van der Waals surface area contributed by atoms with E-state index in [9.17, 15) is 0 Å². The first kappa shape index (κ1) is 9.77. The van der Waals surface area contributed by atoms with Gasteiger partial charge < -0.3 is 10.3 Å². The van der Waals surface area contributed by atoms with Gasteiger partial charge in [0.05, 0.1) is 6.04 Å². The van der Waals surface area contributed by atoms with Gasteiger partial charge in [0.2, 0.25) is 0 Å². The van der Waals surface area contributed by atoms with Crippen molar-refractivity contribution in [3.8, 4) is 0 Å². The fraction of sp³-hybridized carbons (Fsp3) is 0.125. The lowest BCUT2D eigenvalue weighted by Crippen LogP contribution is -2.05. The minimum absolute atomic E-state index is 0.398. The standard InChI is InChI=1S/C16H14N2/c1-2-4-14-12(3-1)10-16(18-14)13-6-5-11-7-8-17-15(11)9-13/h1-9,16-18H,10H2. The summed E-state index contributed by atoms with van der Waals surface area (Å²) in [5.41, 5.74) is 5.24. The number of H-pyrrole nitrogens is 1. The van der Waals surface area contributed by atoms with Gasteiger partial charge in [-0.15, -0.1) is 0 Å². The second-order valence-electron chi connectivity index (χ2n) is 4.88. The van der Waals surface area contributed by atoms with E-state index in [0.29, 0.717) is 6.04 Å². The lowest BCUT2D eigenvalue weighted by Gasteiger charge is -2.11. The predicted octanol–water partition coefficient (Wildman–Crippen LogP) is 3.88. The number of para-hydroxylation sites is 1. The third-order valence-electron chi connectivity index (χ3n) is 3.75. The van der Waals surface area contributed by atoms with Gasteiger partial charge in [0.25, 0.3) is 0 Å². The predicted molar refractivity (Wildman–Crippen MR) is 74.8 cm³/mol. The van der Waals surface area contributed by atoms with E-state index < -0.39 is 0 Å².